The molecule has 0 aromatic carbocycles. The second-order valence-corrected chi connectivity index (χ2v) is 17.6. The maximum absolute atomic E-state index is 13.1. The number of hydrogen-bond donors (Lipinski definition) is 0. The van der Waals surface area contributed by atoms with Crippen LogP contribution in [-0.2, 0) is 4.79 Å². The number of Topliss-reactive ketones (excluding diaryl/α,β-unsaturated/α-hetero) is 1. The van der Waals surface area contributed by atoms with Gasteiger partial charge in [-0.2, -0.15) is 0 Å². The minimum atomic E-state index is 0.0455. The minimum Gasteiger partial charge on any atom is -0.300 e. The Morgan fingerprint density at radius 2 is 0.680 bits per heavy atom. The normalized spacial score (nSPS) is 13.4. The van der Waals surface area contributed by atoms with Crippen LogP contribution in [0.1, 0.15) is 286 Å². The van der Waals surface area contributed by atoms with Crippen molar-refractivity contribution >= 4 is 5.78 Å². The molecule has 0 spiro atoms. The number of carbonyl (C=O) groups excluding carboxylic acids is 1. The van der Waals surface area contributed by atoms with Gasteiger partial charge >= 0.3 is 0 Å². The van der Waals surface area contributed by atoms with Crippen molar-refractivity contribution in [3.8, 4) is 0 Å². The summed E-state index contributed by atoms with van der Waals surface area (Å²) in [7, 11) is 0. The van der Waals surface area contributed by atoms with Crippen molar-refractivity contribution in [1.82, 2.24) is 0 Å². The Hall–Kier alpha value is -0.590. The molecule has 0 saturated carbocycles. The lowest BCUT2D eigenvalue weighted by atomic mass is 9.62. The van der Waals surface area contributed by atoms with E-state index in [9.17, 15) is 4.79 Å². The van der Waals surface area contributed by atoms with E-state index in [1.54, 1.807) is 0 Å². The molecule has 0 unspecified atom stereocenters. The molecule has 0 N–H and O–H groups in total. The Morgan fingerprint density at radius 3 is 0.980 bits per heavy atom. The van der Waals surface area contributed by atoms with Gasteiger partial charge in [0.05, 0.1) is 0 Å². The lowest BCUT2D eigenvalue weighted by Crippen LogP contribution is -2.35. The monoisotopic (exact) mass is 701 g/mol. The smallest absolute Gasteiger partial charge is 0.133 e. The van der Waals surface area contributed by atoms with E-state index >= 15 is 0 Å². The quantitative estimate of drug-likeness (QED) is 0.0458. The number of unbranched alkanes of at least 4 members (excludes halogenated alkanes) is 33. The van der Waals surface area contributed by atoms with Gasteiger partial charge in [-0.3, -0.25) is 4.79 Å². The Bertz CT molecular complexity index is 719. The molecule has 0 aliphatic rings. The van der Waals surface area contributed by atoms with E-state index in [0.717, 1.165) is 25.7 Å². The summed E-state index contributed by atoms with van der Waals surface area (Å²) in [5.74, 6) is 0.491. The van der Waals surface area contributed by atoms with Crippen LogP contribution in [0.25, 0.3) is 0 Å². The third-order valence-corrected chi connectivity index (χ3v) is 12.5. The van der Waals surface area contributed by atoms with Gasteiger partial charge in [0.1, 0.15) is 5.78 Å². The second-order valence-electron chi connectivity index (χ2n) is 17.6. The summed E-state index contributed by atoms with van der Waals surface area (Å²) in [6.07, 6.45) is 56.5. The molecule has 1 nitrogen and oxygen atoms in total. The molecule has 0 radical (unpaired) electrons. The van der Waals surface area contributed by atoms with Crippen LogP contribution in [0, 0.1) is 10.8 Å². The van der Waals surface area contributed by atoms with Crippen molar-refractivity contribution in [2.24, 2.45) is 10.8 Å². The molecule has 0 rings (SSSR count). The van der Waals surface area contributed by atoms with Crippen molar-refractivity contribution in [3.05, 3.63) is 12.2 Å². The zero-order chi connectivity index (χ0) is 36.9. The highest BCUT2D eigenvalue weighted by atomic mass is 16.1. The molecular weight excluding hydrogens is 605 g/mol. The van der Waals surface area contributed by atoms with E-state index in [1.807, 2.05) is 0 Å². The molecule has 0 heterocycles. The van der Waals surface area contributed by atoms with Crippen LogP contribution in [0.5, 0.6) is 0 Å². The highest BCUT2D eigenvalue weighted by Gasteiger charge is 2.38. The first kappa shape index (κ1) is 49.4. The van der Waals surface area contributed by atoms with Gasteiger partial charge in [-0.1, -0.05) is 259 Å². The predicted octanol–water partition coefficient (Wildman–Crippen LogP) is 18.0. The average Bonchev–Trinajstić information content (AvgIpc) is 3.10. The summed E-state index contributed by atoms with van der Waals surface area (Å²) in [4.78, 5) is 13.1. The maximum atomic E-state index is 13.1. The van der Waals surface area contributed by atoms with Crippen molar-refractivity contribution < 1.29 is 4.79 Å². The summed E-state index contributed by atoms with van der Waals surface area (Å²) in [6, 6.07) is 0. The van der Waals surface area contributed by atoms with Gasteiger partial charge in [0.2, 0.25) is 0 Å². The van der Waals surface area contributed by atoms with Crippen molar-refractivity contribution in [2.45, 2.75) is 286 Å². The summed E-state index contributed by atoms with van der Waals surface area (Å²) in [5.41, 5.74) is 0.102. The van der Waals surface area contributed by atoms with Crippen molar-refractivity contribution in [1.29, 1.82) is 0 Å². The van der Waals surface area contributed by atoms with Crippen LogP contribution in [0.4, 0.5) is 0 Å². The van der Waals surface area contributed by atoms with Gasteiger partial charge in [0, 0.05) is 12.8 Å². The molecule has 0 saturated heterocycles. The van der Waals surface area contributed by atoms with Crippen LogP contribution in [0.2, 0.25) is 0 Å². The Balaban J connectivity index is 3.74. The van der Waals surface area contributed by atoms with Gasteiger partial charge in [-0.15, -0.1) is 0 Å². The third kappa shape index (κ3) is 31.0. The van der Waals surface area contributed by atoms with Crippen LogP contribution in [-0.4, -0.2) is 5.78 Å². The second kappa shape index (κ2) is 36.8. The zero-order valence-electron chi connectivity index (χ0n) is 35.9. The van der Waals surface area contributed by atoms with Gasteiger partial charge in [-0.05, 0) is 36.5 Å². The topological polar surface area (TPSA) is 17.1 Å². The van der Waals surface area contributed by atoms with Gasteiger partial charge in [0.15, 0.2) is 0 Å². The number of ketones is 1. The first-order chi connectivity index (χ1) is 24.3. The van der Waals surface area contributed by atoms with Crippen LogP contribution < -0.4 is 0 Å². The van der Waals surface area contributed by atoms with E-state index in [0.29, 0.717) is 5.78 Å². The zero-order valence-corrected chi connectivity index (χ0v) is 35.9. The van der Waals surface area contributed by atoms with Gasteiger partial charge < -0.3 is 0 Å². The van der Waals surface area contributed by atoms with Crippen LogP contribution >= 0.6 is 0 Å². The van der Waals surface area contributed by atoms with Crippen molar-refractivity contribution in [3.63, 3.8) is 0 Å². The molecule has 1 heteroatoms. The fourth-order valence-corrected chi connectivity index (χ4v) is 7.95. The molecular formula is C49H96O. The third-order valence-electron chi connectivity index (χ3n) is 12.5. The van der Waals surface area contributed by atoms with E-state index in [1.165, 1.54) is 218 Å². The summed E-state index contributed by atoms with van der Waals surface area (Å²) in [6.45, 7) is 14.0. The van der Waals surface area contributed by atoms with Gasteiger partial charge in [0.25, 0.3) is 0 Å². The number of carbonyl (C=O) groups is 1. The first-order valence-corrected chi connectivity index (χ1v) is 23.5. The van der Waals surface area contributed by atoms with Gasteiger partial charge in [-0.25, -0.2) is 0 Å². The standard InChI is InChI=1S/C49H96O/c1-7-10-12-14-16-18-20-22-24-25-26-27-28-29-30-32-34-36-38-40-42-44-47(50)46-49(6,9-3)48(4,5)45-43-41-39-37-35-33-31-23-21-19-17-15-13-11-8-2/h43,45H,7-42,44,46H2,1-6H3/b45-43+/t49-/m0/s1. The molecule has 0 aliphatic heterocycles. The molecule has 298 valence electrons. The van der Waals surface area contributed by atoms with Crippen LogP contribution in [0.3, 0.4) is 0 Å². The molecule has 0 fully saturated rings. The fourth-order valence-electron chi connectivity index (χ4n) is 7.95. The molecule has 0 aromatic rings. The molecule has 50 heavy (non-hydrogen) atoms. The summed E-state index contributed by atoms with van der Waals surface area (Å²) < 4.78 is 0. The minimum absolute atomic E-state index is 0.0455. The Labute approximate surface area is 318 Å². The largest absolute Gasteiger partial charge is 0.300 e. The van der Waals surface area contributed by atoms with Crippen molar-refractivity contribution in [2.75, 3.05) is 0 Å². The number of rotatable bonds is 41. The molecule has 0 bridgehead atoms. The number of allylic oxidation sites excluding steroid dienone is 2. The maximum Gasteiger partial charge on any atom is 0.133 e. The van der Waals surface area contributed by atoms with E-state index in [-0.39, 0.29) is 10.8 Å². The molecule has 1 atom stereocenters. The van der Waals surface area contributed by atoms with E-state index in [4.69, 9.17) is 0 Å². The van der Waals surface area contributed by atoms with Crippen LogP contribution in [0.15, 0.2) is 12.2 Å². The highest BCUT2D eigenvalue weighted by Crippen LogP contribution is 2.46. The molecule has 0 aliphatic carbocycles. The SMILES string of the molecule is CCCCCCCCCCCCCCC/C=C/C(C)(C)[C@@](C)(CC)CC(=O)CCCCCCCCCCCCCCCCCCCCCCC. The summed E-state index contributed by atoms with van der Waals surface area (Å²) >= 11 is 0. The Kier molecular flexibility index (Phi) is 36.3. The molecule has 0 aromatic heterocycles. The molecule has 0 amide bonds. The predicted molar refractivity (Wildman–Crippen MR) is 229 cm³/mol. The fraction of sp³-hybridized carbons (Fsp3) is 0.939. The number of hydrogen-bond acceptors (Lipinski definition) is 1. The highest BCUT2D eigenvalue weighted by molar-refractivity contribution is 5.79. The Morgan fingerprint density at radius 1 is 0.400 bits per heavy atom. The van der Waals surface area contributed by atoms with E-state index < -0.39 is 0 Å². The lowest BCUT2D eigenvalue weighted by Gasteiger charge is -2.42. The van der Waals surface area contributed by atoms with E-state index in [2.05, 4.69) is 53.7 Å². The lowest BCUT2D eigenvalue weighted by molar-refractivity contribution is -0.122. The first-order valence-electron chi connectivity index (χ1n) is 23.5. The summed E-state index contributed by atoms with van der Waals surface area (Å²) in [5, 5.41) is 0. The average molecular weight is 701 g/mol.